The Morgan fingerprint density at radius 2 is 1.94 bits per heavy atom. The van der Waals surface area contributed by atoms with Gasteiger partial charge in [-0.05, 0) is 30.3 Å². The number of nitrogens with one attached hydrogen (secondary N) is 1. The number of methoxy groups -OCH3 is 2. The van der Waals surface area contributed by atoms with Crippen LogP contribution in [0, 0.1) is 11.3 Å². The Labute approximate surface area is 191 Å². The van der Waals surface area contributed by atoms with Crippen LogP contribution in [-0.4, -0.2) is 50.0 Å². The Kier molecular flexibility index (Phi) is 7.63. The van der Waals surface area contributed by atoms with Crippen molar-refractivity contribution in [2.45, 2.75) is 17.6 Å². The Hall–Kier alpha value is -3.20. The third kappa shape index (κ3) is 5.16. The van der Waals surface area contributed by atoms with Gasteiger partial charge in [0, 0.05) is 37.5 Å². The maximum absolute atomic E-state index is 12.9. The summed E-state index contributed by atoms with van der Waals surface area (Å²) >= 11 is 1.13. The molecule has 168 valence electrons. The third-order valence-electron chi connectivity index (χ3n) is 4.55. The molecule has 2 aromatic heterocycles. The number of benzene rings is 1. The molecule has 2 heterocycles. The van der Waals surface area contributed by atoms with Crippen LogP contribution < -0.4 is 14.8 Å². The van der Waals surface area contributed by atoms with Gasteiger partial charge in [0.05, 0.1) is 30.9 Å². The van der Waals surface area contributed by atoms with Gasteiger partial charge in [0.1, 0.15) is 4.21 Å². The fourth-order valence-electron chi connectivity index (χ4n) is 2.95. The number of nitrogens with zero attached hydrogens (tertiary/aromatic N) is 4. The highest BCUT2D eigenvalue weighted by Gasteiger charge is 2.25. The summed E-state index contributed by atoms with van der Waals surface area (Å²) in [6, 6.07) is 12.3. The maximum Gasteiger partial charge on any atom is 0.252 e. The molecule has 0 spiro atoms. The first-order valence-electron chi connectivity index (χ1n) is 9.72. The number of anilines is 2. The standard InChI is InChI=1S/C21H23N5O4S2/c1-4-26(13-5-11-22)32(27,28)20-9-8-19(31-20)16-10-12-23-21(25-16)24-15-6-7-17(29-2)18(14-15)30-3/h6-10,12,14H,4-5,13H2,1-3H3,(H,23,24,25). The SMILES string of the molecule is CCN(CCC#N)S(=O)(=O)c1ccc(-c2ccnc(Nc3ccc(OC)c(OC)c3)n2)s1. The van der Waals surface area contributed by atoms with E-state index in [1.807, 2.05) is 12.1 Å². The monoisotopic (exact) mass is 473 g/mol. The van der Waals surface area contributed by atoms with Crippen molar-refractivity contribution >= 4 is 33.0 Å². The van der Waals surface area contributed by atoms with E-state index in [0.717, 1.165) is 11.3 Å². The van der Waals surface area contributed by atoms with Gasteiger partial charge in [0.2, 0.25) is 5.95 Å². The highest BCUT2D eigenvalue weighted by atomic mass is 32.2. The molecular weight excluding hydrogens is 450 g/mol. The molecule has 0 fully saturated rings. The molecule has 0 aliphatic carbocycles. The first kappa shape index (κ1) is 23.5. The minimum atomic E-state index is -3.67. The lowest BCUT2D eigenvalue weighted by Gasteiger charge is -2.17. The molecule has 0 saturated carbocycles. The van der Waals surface area contributed by atoms with Gasteiger partial charge in [-0.3, -0.25) is 0 Å². The normalized spacial score (nSPS) is 11.2. The van der Waals surface area contributed by atoms with Crippen LogP contribution in [0.5, 0.6) is 11.5 Å². The minimum Gasteiger partial charge on any atom is -0.493 e. The lowest BCUT2D eigenvalue weighted by Crippen LogP contribution is -2.31. The quantitative estimate of drug-likeness (QED) is 0.471. The lowest BCUT2D eigenvalue weighted by molar-refractivity contribution is 0.355. The van der Waals surface area contributed by atoms with E-state index in [1.54, 1.807) is 57.7 Å². The zero-order valence-corrected chi connectivity index (χ0v) is 19.5. The summed E-state index contributed by atoms with van der Waals surface area (Å²) in [6.07, 6.45) is 1.74. The third-order valence-corrected chi connectivity index (χ3v) is 8.10. The highest BCUT2D eigenvalue weighted by molar-refractivity contribution is 7.91. The van der Waals surface area contributed by atoms with Gasteiger partial charge in [-0.15, -0.1) is 11.3 Å². The number of rotatable bonds is 10. The Bertz CT molecular complexity index is 1220. The van der Waals surface area contributed by atoms with Crippen LogP contribution in [-0.2, 0) is 10.0 Å². The number of nitriles is 1. The lowest BCUT2D eigenvalue weighted by atomic mass is 10.2. The summed E-state index contributed by atoms with van der Waals surface area (Å²) in [4.78, 5) is 9.45. The predicted molar refractivity (Wildman–Crippen MR) is 123 cm³/mol. The van der Waals surface area contributed by atoms with E-state index in [9.17, 15) is 8.42 Å². The summed E-state index contributed by atoms with van der Waals surface area (Å²) in [5, 5.41) is 11.9. The van der Waals surface area contributed by atoms with Crippen LogP contribution in [0.15, 0.2) is 46.8 Å². The summed E-state index contributed by atoms with van der Waals surface area (Å²) in [7, 11) is -0.545. The zero-order valence-electron chi connectivity index (χ0n) is 17.9. The molecule has 0 radical (unpaired) electrons. The fourth-order valence-corrected chi connectivity index (χ4v) is 5.83. The molecule has 0 aliphatic heterocycles. The molecule has 0 amide bonds. The van der Waals surface area contributed by atoms with Crippen LogP contribution in [0.1, 0.15) is 13.3 Å². The molecule has 0 aliphatic rings. The van der Waals surface area contributed by atoms with Crippen molar-refractivity contribution in [2.75, 3.05) is 32.6 Å². The van der Waals surface area contributed by atoms with E-state index in [2.05, 4.69) is 15.3 Å². The van der Waals surface area contributed by atoms with Crippen molar-refractivity contribution in [3.05, 3.63) is 42.6 Å². The van der Waals surface area contributed by atoms with Gasteiger partial charge in [-0.25, -0.2) is 18.4 Å². The smallest absolute Gasteiger partial charge is 0.252 e. The van der Waals surface area contributed by atoms with Crippen molar-refractivity contribution in [1.82, 2.24) is 14.3 Å². The number of hydrogen-bond donors (Lipinski definition) is 1. The summed E-state index contributed by atoms with van der Waals surface area (Å²) < 4.78 is 37.9. The molecule has 0 saturated heterocycles. The van der Waals surface area contributed by atoms with Crippen LogP contribution >= 0.6 is 11.3 Å². The second-order valence-electron chi connectivity index (χ2n) is 6.48. The van der Waals surface area contributed by atoms with Crippen molar-refractivity contribution in [3.8, 4) is 28.1 Å². The van der Waals surface area contributed by atoms with E-state index >= 15 is 0 Å². The average Bonchev–Trinajstić information content (AvgIpc) is 3.31. The second-order valence-corrected chi connectivity index (χ2v) is 9.73. The predicted octanol–water partition coefficient (Wildman–Crippen LogP) is 3.89. The molecule has 0 unspecified atom stereocenters. The molecule has 9 nitrogen and oxygen atoms in total. The second kappa shape index (κ2) is 10.4. The van der Waals surface area contributed by atoms with Gasteiger partial charge in [-0.1, -0.05) is 6.92 Å². The molecule has 32 heavy (non-hydrogen) atoms. The summed E-state index contributed by atoms with van der Waals surface area (Å²) in [6.45, 7) is 2.21. The van der Waals surface area contributed by atoms with Crippen molar-refractivity contribution in [3.63, 3.8) is 0 Å². The van der Waals surface area contributed by atoms with E-state index in [0.29, 0.717) is 40.3 Å². The Balaban J connectivity index is 1.83. The molecule has 3 rings (SSSR count). The van der Waals surface area contributed by atoms with Crippen molar-refractivity contribution in [2.24, 2.45) is 0 Å². The fraction of sp³-hybridized carbons (Fsp3) is 0.286. The van der Waals surface area contributed by atoms with Crippen molar-refractivity contribution < 1.29 is 17.9 Å². The van der Waals surface area contributed by atoms with E-state index in [1.165, 1.54) is 4.31 Å². The van der Waals surface area contributed by atoms with Crippen LogP contribution in [0.2, 0.25) is 0 Å². The summed E-state index contributed by atoms with van der Waals surface area (Å²) in [5.41, 5.74) is 1.31. The largest absolute Gasteiger partial charge is 0.493 e. The van der Waals surface area contributed by atoms with Gasteiger partial charge in [0.15, 0.2) is 11.5 Å². The van der Waals surface area contributed by atoms with Gasteiger partial charge in [-0.2, -0.15) is 9.57 Å². The van der Waals surface area contributed by atoms with E-state index in [4.69, 9.17) is 14.7 Å². The molecule has 1 aromatic carbocycles. The van der Waals surface area contributed by atoms with Crippen LogP contribution in [0.3, 0.4) is 0 Å². The van der Waals surface area contributed by atoms with Crippen LogP contribution in [0.4, 0.5) is 11.6 Å². The van der Waals surface area contributed by atoms with Gasteiger partial charge in [0.25, 0.3) is 10.0 Å². The molecule has 1 N–H and O–H groups in total. The molecule has 3 aromatic rings. The topological polar surface area (TPSA) is 117 Å². The van der Waals surface area contributed by atoms with E-state index in [-0.39, 0.29) is 17.2 Å². The number of hydrogen-bond acceptors (Lipinski definition) is 9. The number of thiophene rings is 1. The first-order valence-corrected chi connectivity index (χ1v) is 12.0. The maximum atomic E-state index is 12.9. The summed E-state index contributed by atoms with van der Waals surface area (Å²) in [5.74, 6) is 1.53. The zero-order chi connectivity index (χ0) is 23.1. The molecule has 11 heteroatoms. The molecule has 0 bridgehead atoms. The number of ether oxygens (including phenoxy) is 2. The van der Waals surface area contributed by atoms with Gasteiger partial charge < -0.3 is 14.8 Å². The molecule has 0 atom stereocenters. The van der Waals surface area contributed by atoms with Crippen LogP contribution in [0.25, 0.3) is 10.6 Å². The number of sulfonamides is 1. The Morgan fingerprint density at radius 1 is 1.16 bits per heavy atom. The number of aromatic nitrogens is 2. The minimum absolute atomic E-state index is 0.141. The molecular formula is C21H23N5O4S2. The van der Waals surface area contributed by atoms with Crippen molar-refractivity contribution in [1.29, 1.82) is 5.26 Å². The Morgan fingerprint density at radius 3 is 2.62 bits per heavy atom. The van der Waals surface area contributed by atoms with Gasteiger partial charge >= 0.3 is 0 Å². The average molecular weight is 474 g/mol. The first-order chi connectivity index (χ1) is 15.4. The highest BCUT2D eigenvalue weighted by Crippen LogP contribution is 2.33. The van der Waals surface area contributed by atoms with E-state index < -0.39 is 10.0 Å².